The predicted octanol–water partition coefficient (Wildman–Crippen LogP) is 9.21. The number of pyridine rings is 1. The van der Waals surface area contributed by atoms with E-state index in [9.17, 15) is 0 Å². The van der Waals surface area contributed by atoms with E-state index in [0.29, 0.717) is 0 Å². The zero-order chi connectivity index (χ0) is 25.1. The third-order valence-electron chi connectivity index (χ3n) is 7.36. The molecule has 1 radical (unpaired) electrons. The molecule has 3 heterocycles. The van der Waals surface area contributed by atoms with Crippen molar-refractivity contribution in [2.24, 2.45) is 0 Å². The van der Waals surface area contributed by atoms with Gasteiger partial charge in [0.15, 0.2) is 0 Å². The van der Waals surface area contributed by atoms with Crippen LogP contribution in [0.25, 0.3) is 71.8 Å². The van der Waals surface area contributed by atoms with Crippen molar-refractivity contribution in [1.82, 2.24) is 9.55 Å². The second kappa shape index (κ2) is 9.36. The van der Waals surface area contributed by atoms with Gasteiger partial charge in [0.1, 0.15) is 11.2 Å². The van der Waals surface area contributed by atoms with Crippen molar-refractivity contribution in [2.75, 3.05) is 0 Å². The molecule has 4 heteroatoms. The van der Waals surface area contributed by atoms with E-state index in [1.807, 2.05) is 36.5 Å². The van der Waals surface area contributed by atoms with Gasteiger partial charge >= 0.3 is 0 Å². The maximum Gasteiger partial charge on any atom is 0.137 e. The molecule has 0 N–H and O–H groups in total. The van der Waals surface area contributed by atoms with Crippen LogP contribution in [0.5, 0.6) is 0 Å². The van der Waals surface area contributed by atoms with Crippen molar-refractivity contribution >= 4 is 43.7 Å². The third kappa shape index (κ3) is 3.80. The Morgan fingerprint density at radius 1 is 0.590 bits per heavy atom. The Kier molecular flexibility index (Phi) is 5.66. The van der Waals surface area contributed by atoms with E-state index < -0.39 is 0 Å². The van der Waals surface area contributed by atoms with Gasteiger partial charge in [-0.05, 0) is 52.8 Å². The molecule has 8 aromatic rings. The van der Waals surface area contributed by atoms with Crippen molar-refractivity contribution < 1.29 is 24.5 Å². The minimum absolute atomic E-state index is 0. The summed E-state index contributed by atoms with van der Waals surface area (Å²) in [6.45, 7) is 0. The smallest absolute Gasteiger partial charge is 0.137 e. The molecule has 0 saturated carbocycles. The van der Waals surface area contributed by atoms with E-state index >= 15 is 0 Å². The average molecular weight is 678 g/mol. The number of rotatable bonds is 3. The summed E-state index contributed by atoms with van der Waals surface area (Å²) in [4.78, 5) is 4.53. The van der Waals surface area contributed by atoms with Crippen LogP contribution >= 0.6 is 0 Å². The molecule has 8 rings (SSSR count). The molecule has 0 saturated heterocycles. The quantitative estimate of drug-likeness (QED) is 0.175. The van der Waals surface area contributed by atoms with Gasteiger partial charge in [-0.3, -0.25) is 0 Å². The Balaban J connectivity index is 0.00000253. The molecular formula is C35H21IrN2O-. The number of nitrogens with zero attached hydrogens (tertiary/aromatic N) is 2. The molecule has 5 aromatic carbocycles. The first-order valence-corrected chi connectivity index (χ1v) is 12.7. The molecule has 0 unspecified atom stereocenters. The van der Waals surface area contributed by atoms with E-state index in [0.717, 1.165) is 55.5 Å². The van der Waals surface area contributed by atoms with Gasteiger partial charge in [0.05, 0.1) is 11.0 Å². The van der Waals surface area contributed by atoms with Gasteiger partial charge in [-0.25, -0.2) is 0 Å². The Morgan fingerprint density at radius 2 is 1.41 bits per heavy atom. The zero-order valence-electron chi connectivity index (χ0n) is 20.8. The van der Waals surface area contributed by atoms with E-state index in [-0.39, 0.29) is 20.1 Å². The molecule has 0 fully saturated rings. The Labute approximate surface area is 238 Å². The first-order chi connectivity index (χ1) is 18.8. The average Bonchev–Trinajstić information content (AvgIpc) is 3.51. The van der Waals surface area contributed by atoms with Gasteiger partial charge < -0.3 is 14.0 Å². The van der Waals surface area contributed by atoms with Crippen LogP contribution in [0.2, 0.25) is 0 Å². The van der Waals surface area contributed by atoms with Crippen LogP contribution in [-0.2, 0) is 20.1 Å². The van der Waals surface area contributed by atoms with E-state index in [1.165, 1.54) is 16.3 Å². The van der Waals surface area contributed by atoms with Gasteiger partial charge in [-0.15, -0.1) is 29.8 Å². The summed E-state index contributed by atoms with van der Waals surface area (Å²) in [5.41, 5.74) is 9.32. The number of hydrogen-bond donors (Lipinski definition) is 0. The number of furan rings is 1. The number of aromatic nitrogens is 2. The molecule has 0 bridgehead atoms. The fourth-order valence-corrected chi connectivity index (χ4v) is 5.59. The normalized spacial score (nSPS) is 11.4. The fourth-order valence-electron chi connectivity index (χ4n) is 5.59. The van der Waals surface area contributed by atoms with Crippen LogP contribution in [0.3, 0.4) is 0 Å². The Hall–Kier alpha value is -4.50. The summed E-state index contributed by atoms with van der Waals surface area (Å²) < 4.78 is 8.79. The van der Waals surface area contributed by atoms with Crippen LogP contribution < -0.4 is 0 Å². The monoisotopic (exact) mass is 678 g/mol. The molecular weight excluding hydrogens is 657 g/mol. The molecule has 0 aliphatic rings. The summed E-state index contributed by atoms with van der Waals surface area (Å²) in [6, 6.07) is 45.5. The first-order valence-electron chi connectivity index (χ1n) is 12.7. The minimum atomic E-state index is 0. The van der Waals surface area contributed by atoms with Gasteiger partial charge in [0, 0.05) is 53.9 Å². The van der Waals surface area contributed by atoms with Crippen LogP contribution in [0.4, 0.5) is 0 Å². The number of fused-ring (bicyclic) bond motifs is 6. The van der Waals surface area contributed by atoms with Gasteiger partial charge in [0.2, 0.25) is 0 Å². The maximum absolute atomic E-state index is 6.47. The van der Waals surface area contributed by atoms with E-state index in [4.69, 9.17) is 4.42 Å². The summed E-state index contributed by atoms with van der Waals surface area (Å²) >= 11 is 0. The fraction of sp³-hybridized carbons (Fsp3) is 0. The summed E-state index contributed by atoms with van der Waals surface area (Å²) in [6.07, 6.45) is 1.82. The largest absolute Gasteiger partial charge is 0.456 e. The van der Waals surface area contributed by atoms with Crippen LogP contribution in [0.1, 0.15) is 0 Å². The maximum atomic E-state index is 6.47. The third-order valence-corrected chi connectivity index (χ3v) is 7.36. The zero-order valence-corrected chi connectivity index (χ0v) is 23.2. The van der Waals surface area contributed by atoms with Crippen molar-refractivity contribution in [3.8, 4) is 28.1 Å². The van der Waals surface area contributed by atoms with Crippen LogP contribution in [-0.4, -0.2) is 9.55 Å². The van der Waals surface area contributed by atoms with Gasteiger partial charge in [-0.1, -0.05) is 66.7 Å². The topological polar surface area (TPSA) is 31.0 Å². The summed E-state index contributed by atoms with van der Waals surface area (Å²) in [5.74, 6) is 0. The standard InChI is InChI=1S/C35H21N2O.Ir/c1-2-9-23(10-3-1)24-16-17-28-30-21-29-27-13-4-5-15-32(27)37(33(29)22-35(30)38-34(28)20-24)26-12-8-11-25(19-26)31-14-6-7-18-36-31;/h1-10,12-22H;/q-1;. The SMILES string of the molecule is [Ir].[c-]1ccc(-n2c3ccccc3c3cc4c(cc32)oc2cc(-c3ccccc3)ccc24)cc1-c1ccccn1. The van der Waals surface area contributed by atoms with Crippen molar-refractivity contribution in [3.63, 3.8) is 0 Å². The van der Waals surface area contributed by atoms with Gasteiger partial charge in [0.25, 0.3) is 0 Å². The second-order valence-electron chi connectivity index (χ2n) is 9.57. The second-order valence-corrected chi connectivity index (χ2v) is 9.57. The molecule has 0 spiro atoms. The molecule has 3 nitrogen and oxygen atoms in total. The van der Waals surface area contributed by atoms with Gasteiger partial charge in [-0.2, -0.15) is 0 Å². The van der Waals surface area contributed by atoms with Crippen molar-refractivity contribution in [3.05, 3.63) is 134 Å². The molecule has 187 valence electrons. The summed E-state index contributed by atoms with van der Waals surface area (Å²) in [7, 11) is 0. The molecule has 0 atom stereocenters. The predicted molar refractivity (Wildman–Crippen MR) is 156 cm³/mol. The van der Waals surface area contributed by atoms with Crippen LogP contribution in [0.15, 0.2) is 132 Å². The summed E-state index contributed by atoms with van der Waals surface area (Å²) in [5, 5.41) is 4.68. The molecule has 3 aromatic heterocycles. The molecule has 39 heavy (non-hydrogen) atoms. The van der Waals surface area contributed by atoms with Crippen molar-refractivity contribution in [1.29, 1.82) is 0 Å². The van der Waals surface area contributed by atoms with Crippen LogP contribution in [0, 0.1) is 6.07 Å². The number of hydrogen-bond acceptors (Lipinski definition) is 2. The van der Waals surface area contributed by atoms with E-state index in [2.05, 4.69) is 107 Å². The Morgan fingerprint density at radius 3 is 2.28 bits per heavy atom. The number of benzene rings is 5. The Bertz CT molecular complexity index is 2130. The molecule has 0 amide bonds. The molecule has 0 aliphatic carbocycles. The number of para-hydroxylation sites is 1. The molecule has 0 aliphatic heterocycles. The minimum Gasteiger partial charge on any atom is -0.456 e. The van der Waals surface area contributed by atoms with Crippen molar-refractivity contribution in [2.45, 2.75) is 0 Å². The van der Waals surface area contributed by atoms with E-state index in [1.54, 1.807) is 0 Å². The first kappa shape index (κ1) is 23.6.